The van der Waals surface area contributed by atoms with Gasteiger partial charge in [-0.15, -0.1) is 0 Å². The lowest BCUT2D eigenvalue weighted by atomic mass is 10.1. The Balaban J connectivity index is 1.77. The number of carboxylic acid groups (broad SMARTS) is 1. The third kappa shape index (κ3) is 4.28. The van der Waals surface area contributed by atoms with Crippen molar-refractivity contribution < 1.29 is 14.7 Å². The van der Waals surface area contributed by atoms with E-state index in [9.17, 15) is 9.59 Å². The van der Waals surface area contributed by atoms with Crippen molar-refractivity contribution in [1.29, 1.82) is 0 Å². The zero-order chi connectivity index (χ0) is 20.3. The molecule has 0 spiro atoms. The average molecular weight is 381 g/mol. The lowest BCUT2D eigenvalue weighted by Gasteiger charge is -2.09. The van der Waals surface area contributed by atoms with Crippen LogP contribution in [-0.2, 0) is 17.9 Å². The predicted molar refractivity (Wildman–Crippen MR) is 104 cm³/mol. The molecule has 3 rings (SSSR count). The summed E-state index contributed by atoms with van der Waals surface area (Å²) in [6.45, 7) is 6.54. The van der Waals surface area contributed by atoms with E-state index < -0.39 is 5.97 Å². The van der Waals surface area contributed by atoms with Crippen LogP contribution in [0.2, 0.25) is 0 Å². The number of hydrogen-bond donors (Lipinski definition) is 2. The van der Waals surface area contributed by atoms with E-state index in [1.165, 1.54) is 16.4 Å². The molecule has 0 saturated carbocycles. The van der Waals surface area contributed by atoms with Gasteiger partial charge in [0, 0.05) is 6.20 Å². The quantitative estimate of drug-likeness (QED) is 0.655. The van der Waals surface area contributed by atoms with E-state index in [0.717, 1.165) is 17.0 Å². The van der Waals surface area contributed by atoms with Crippen LogP contribution in [0.15, 0.2) is 36.5 Å². The maximum Gasteiger partial charge on any atom is 0.305 e. The minimum absolute atomic E-state index is 0.103. The Morgan fingerprint density at radius 3 is 2.46 bits per heavy atom. The van der Waals surface area contributed by atoms with Crippen molar-refractivity contribution in [3.8, 4) is 0 Å². The number of anilines is 1. The van der Waals surface area contributed by atoms with Gasteiger partial charge in [-0.1, -0.05) is 29.8 Å². The molecule has 1 amide bonds. The van der Waals surface area contributed by atoms with Crippen LogP contribution in [-0.4, -0.2) is 36.5 Å². The summed E-state index contributed by atoms with van der Waals surface area (Å²) in [6, 6.07) is 9.80. The molecule has 0 aliphatic carbocycles. The Morgan fingerprint density at radius 1 is 1.07 bits per heavy atom. The topological polar surface area (TPSA) is 102 Å². The van der Waals surface area contributed by atoms with Crippen LogP contribution in [0.4, 0.5) is 5.69 Å². The van der Waals surface area contributed by atoms with Gasteiger partial charge < -0.3 is 10.4 Å². The van der Waals surface area contributed by atoms with Gasteiger partial charge in [0.15, 0.2) is 0 Å². The number of nitrogens with one attached hydrogen (secondary N) is 1. The van der Waals surface area contributed by atoms with Crippen molar-refractivity contribution in [1.82, 2.24) is 19.6 Å². The Morgan fingerprint density at radius 2 is 1.79 bits per heavy atom. The summed E-state index contributed by atoms with van der Waals surface area (Å²) in [5, 5.41) is 20.3. The lowest BCUT2D eigenvalue weighted by Crippen LogP contribution is -2.19. The molecule has 0 radical (unpaired) electrons. The normalized spacial score (nSPS) is 10.8. The Labute approximate surface area is 162 Å². The van der Waals surface area contributed by atoms with Crippen molar-refractivity contribution in [2.24, 2.45) is 0 Å². The molecule has 8 nitrogen and oxygen atoms in total. The highest BCUT2D eigenvalue weighted by molar-refractivity contribution is 6.03. The first kappa shape index (κ1) is 19.3. The van der Waals surface area contributed by atoms with Gasteiger partial charge in [0.25, 0.3) is 5.91 Å². The van der Waals surface area contributed by atoms with Crippen LogP contribution in [0.25, 0.3) is 0 Å². The minimum atomic E-state index is -0.939. The molecule has 0 aliphatic rings. The number of aliphatic carboxylic acids is 1. The molecular weight excluding hydrogens is 358 g/mol. The summed E-state index contributed by atoms with van der Waals surface area (Å²) < 4.78 is 3.25. The maximum atomic E-state index is 12.7. The van der Waals surface area contributed by atoms with E-state index in [2.05, 4.69) is 39.8 Å². The summed E-state index contributed by atoms with van der Waals surface area (Å²) in [4.78, 5) is 23.5. The monoisotopic (exact) mass is 381 g/mol. The first-order valence-corrected chi connectivity index (χ1v) is 8.99. The molecule has 1 aromatic carbocycles. The maximum absolute atomic E-state index is 12.7. The molecule has 8 heteroatoms. The number of carbonyl (C=O) groups is 2. The van der Waals surface area contributed by atoms with Crippen molar-refractivity contribution in [2.45, 2.75) is 40.3 Å². The zero-order valence-electron chi connectivity index (χ0n) is 16.1. The third-order valence-electron chi connectivity index (χ3n) is 4.56. The summed E-state index contributed by atoms with van der Waals surface area (Å²) in [6.07, 6.45) is 1.38. The van der Waals surface area contributed by atoms with Gasteiger partial charge in [0.2, 0.25) is 0 Å². The van der Waals surface area contributed by atoms with Crippen molar-refractivity contribution >= 4 is 17.6 Å². The summed E-state index contributed by atoms with van der Waals surface area (Å²) in [7, 11) is 0. The number of carbonyl (C=O) groups excluding carboxylic acids is 1. The molecular formula is C20H23N5O3. The number of rotatable bonds is 7. The van der Waals surface area contributed by atoms with E-state index in [4.69, 9.17) is 5.11 Å². The van der Waals surface area contributed by atoms with Gasteiger partial charge in [-0.3, -0.25) is 19.0 Å². The summed E-state index contributed by atoms with van der Waals surface area (Å²) in [5.74, 6) is -1.28. The van der Waals surface area contributed by atoms with Crippen molar-refractivity contribution in [2.75, 3.05) is 5.32 Å². The summed E-state index contributed by atoms with van der Waals surface area (Å²) >= 11 is 0. The molecule has 0 atom stereocenters. The molecule has 2 aromatic heterocycles. The van der Waals surface area contributed by atoms with Crippen LogP contribution in [0.3, 0.4) is 0 Å². The average Bonchev–Trinajstić information content (AvgIpc) is 3.22. The molecule has 0 bridgehead atoms. The standard InChI is InChI=1S/C20H23N5O3/c1-13-4-6-16(7-5-13)12-25-15(3)19(14(2)23-25)22-20(28)17-8-10-21-24(17)11-9-18(26)27/h4-8,10H,9,11-12H2,1-3H3,(H,22,28)(H,26,27). The second-order valence-electron chi connectivity index (χ2n) is 6.73. The largest absolute Gasteiger partial charge is 0.481 e. The fraction of sp³-hybridized carbons (Fsp3) is 0.300. The zero-order valence-corrected chi connectivity index (χ0v) is 16.1. The Kier molecular flexibility index (Phi) is 5.58. The molecule has 0 aliphatic heterocycles. The van der Waals surface area contributed by atoms with Crippen LogP contribution >= 0.6 is 0 Å². The first-order chi connectivity index (χ1) is 13.3. The van der Waals surface area contributed by atoms with Gasteiger partial charge in [-0.2, -0.15) is 10.2 Å². The first-order valence-electron chi connectivity index (χ1n) is 8.99. The van der Waals surface area contributed by atoms with Gasteiger partial charge in [0.05, 0.1) is 36.6 Å². The van der Waals surface area contributed by atoms with E-state index in [1.54, 1.807) is 6.07 Å². The van der Waals surface area contributed by atoms with Crippen molar-refractivity contribution in [3.05, 3.63) is 64.7 Å². The predicted octanol–water partition coefficient (Wildman–Crippen LogP) is 2.78. The number of aryl methyl sites for hydroxylation is 3. The number of carboxylic acids is 1. The second-order valence-corrected chi connectivity index (χ2v) is 6.73. The van der Waals surface area contributed by atoms with Crippen molar-refractivity contribution in [3.63, 3.8) is 0 Å². The summed E-state index contributed by atoms with van der Waals surface area (Å²) in [5.41, 5.74) is 4.86. The molecule has 2 heterocycles. The molecule has 3 aromatic rings. The molecule has 2 N–H and O–H groups in total. The van der Waals surface area contributed by atoms with Crippen LogP contribution in [0, 0.1) is 20.8 Å². The molecule has 0 saturated heterocycles. The molecule has 0 fully saturated rings. The smallest absolute Gasteiger partial charge is 0.305 e. The molecule has 28 heavy (non-hydrogen) atoms. The fourth-order valence-corrected chi connectivity index (χ4v) is 2.98. The number of benzene rings is 1. The number of hydrogen-bond acceptors (Lipinski definition) is 4. The van der Waals surface area contributed by atoms with E-state index >= 15 is 0 Å². The van der Waals surface area contributed by atoms with Gasteiger partial charge >= 0.3 is 5.97 Å². The molecule has 0 unspecified atom stereocenters. The Hall–Kier alpha value is -3.42. The van der Waals surface area contributed by atoms with E-state index in [1.807, 2.05) is 25.5 Å². The SMILES string of the molecule is Cc1ccc(Cn2nc(C)c(NC(=O)c3ccnn3CCC(=O)O)c2C)cc1. The van der Waals surface area contributed by atoms with Crippen LogP contribution < -0.4 is 5.32 Å². The molecule has 146 valence electrons. The van der Waals surface area contributed by atoms with Gasteiger partial charge in [-0.05, 0) is 32.4 Å². The number of nitrogens with zero attached hydrogens (tertiary/aromatic N) is 4. The highest BCUT2D eigenvalue weighted by atomic mass is 16.4. The van der Waals surface area contributed by atoms with Gasteiger partial charge in [0.1, 0.15) is 5.69 Å². The minimum Gasteiger partial charge on any atom is -0.481 e. The van der Waals surface area contributed by atoms with Crippen LogP contribution in [0.1, 0.15) is 39.4 Å². The lowest BCUT2D eigenvalue weighted by molar-refractivity contribution is -0.137. The van der Waals surface area contributed by atoms with Crippen LogP contribution in [0.5, 0.6) is 0 Å². The fourth-order valence-electron chi connectivity index (χ4n) is 2.98. The second kappa shape index (κ2) is 8.08. The highest BCUT2D eigenvalue weighted by Gasteiger charge is 2.18. The van der Waals surface area contributed by atoms with Gasteiger partial charge in [-0.25, -0.2) is 0 Å². The highest BCUT2D eigenvalue weighted by Crippen LogP contribution is 2.21. The van der Waals surface area contributed by atoms with E-state index in [-0.39, 0.29) is 18.9 Å². The third-order valence-corrected chi connectivity index (χ3v) is 4.56. The number of amides is 1. The number of aromatic nitrogens is 4. The Bertz CT molecular complexity index is 1000. The van der Waals surface area contributed by atoms with E-state index in [0.29, 0.717) is 17.9 Å².